The minimum atomic E-state index is -0.0562. The molecule has 3 rings (SSSR count). The number of thiophene rings is 1. The van der Waals surface area contributed by atoms with E-state index >= 15 is 0 Å². The summed E-state index contributed by atoms with van der Waals surface area (Å²) in [7, 11) is 0. The van der Waals surface area contributed by atoms with Crippen LogP contribution in [-0.4, -0.2) is 20.1 Å². The van der Waals surface area contributed by atoms with Crippen molar-refractivity contribution in [1.29, 1.82) is 0 Å². The van der Waals surface area contributed by atoms with E-state index in [1.54, 1.807) is 11.3 Å². The summed E-state index contributed by atoms with van der Waals surface area (Å²) in [6, 6.07) is 14.6. The highest BCUT2D eigenvalue weighted by atomic mass is 32.1. The SMILES string of the molecule is OCc1nnn(CCCc2ccccc2)c1Cc1cccs1. The van der Waals surface area contributed by atoms with Gasteiger partial charge in [-0.25, -0.2) is 4.68 Å². The highest BCUT2D eigenvalue weighted by Gasteiger charge is 2.13. The van der Waals surface area contributed by atoms with Gasteiger partial charge in [0.25, 0.3) is 0 Å². The van der Waals surface area contributed by atoms with Gasteiger partial charge in [-0.05, 0) is 29.9 Å². The predicted octanol–water partition coefficient (Wildman–Crippen LogP) is 3.06. The molecule has 0 aliphatic rings. The lowest BCUT2D eigenvalue weighted by Gasteiger charge is -2.07. The van der Waals surface area contributed by atoms with E-state index < -0.39 is 0 Å². The topological polar surface area (TPSA) is 50.9 Å². The summed E-state index contributed by atoms with van der Waals surface area (Å²) in [4.78, 5) is 1.27. The van der Waals surface area contributed by atoms with E-state index in [1.807, 2.05) is 16.8 Å². The summed E-state index contributed by atoms with van der Waals surface area (Å²) in [5.74, 6) is 0. The van der Waals surface area contributed by atoms with Crippen molar-refractivity contribution in [2.75, 3.05) is 0 Å². The average Bonchev–Trinajstić information content (AvgIpc) is 3.19. The minimum Gasteiger partial charge on any atom is -0.390 e. The largest absolute Gasteiger partial charge is 0.390 e. The van der Waals surface area contributed by atoms with Gasteiger partial charge in [0.1, 0.15) is 5.69 Å². The number of hydrogen-bond acceptors (Lipinski definition) is 4. The molecular formula is C17H19N3OS. The lowest BCUT2D eigenvalue weighted by Crippen LogP contribution is -2.07. The van der Waals surface area contributed by atoms with Gasteiger partial charge in [0.05, 0.1) is 12.3 Å². The van der Waals surface area contributed by atoms with Crippen molar-refractivity contribution < 1.29 is 5.11 Å². The second kappa shape index (κ2) is 7.33. The van der Waals surface area contributed by atoms with Gasteiger partial charge in [0.2, 0.25) is 0 Å². The van der Waals surface area contributed by atoms with Crippen LogP contribution < -0.4 is 0 Å². The fourth-order valence-corrected chi connectivity index (χ4v) is 3.23. The first-order valence-corrected chi connectivity index (χ1v) is 8.33. The molecule has 0 atom stereocenters. The molecule has 2 aromatic heterocycles. The first kappa shape index (κ1) is 14.9. The van der Waals surface area contributed by atoms with Crippen LogP contribution in [0.1, 0.15) is 28.2 Å². The first-order valence-electron chi connectivity index (χ1n) is 7.45. The summed E-state index contributed by atoms with van der Waals surface area (Å²) >= 11 is 1.72. The molecule has 5 heteroatoms. The number of aliphatic hydroxyl groups is 1. The Morgan fingerprint density at radius 2 is 1.95 bits per heavy atom. The van der Waals surface area contributed by atoms with Gasteiger partial charge in [0.15, 0.2) is 0 Å². The summed E-state index contributed by atoms with van der Waals surface area (Å²) in [5.41, 5.74) is 3.05. The summed E-state index contributed by atoms with van der Waals surface area (Å²) in [5, 5.41) is 19.8. The Kier molecular flexibility index (Phi) is 4.98. The van der Waals surface area contributed by atoms with Gasteiger partial charge in [-0.1, -0.05) is 41.6 Å². The quantitative estimate of drug-likeness (QED) is 0.729. The number of benzene rings is 1. The Morgan fingerprint density at radius 1 is 1.09 bits per heavy atom. The molecule has 0 unspecified atom stereocenters. The van der Waals surface area contributed by atoms with Gasteiger partial charge >= 0.3 is 0 Å². The summed E-state index contributed by atoms with van der Waals surface area (Å²) < 4.78 is 1.94. The molecule has 0 saturated heterocycles. The van der Waals surface area contributed by atoms with Crippen LogP contribution in [0.4, 0.5) is 0 Å². The van der Waals surface area contributed by atoms with Crippen LogP contribution in [-0.2, 0) is 26.0 Å². The Morgan fingerprint density at radius 3 is 2.68 bits per heavy atom. The van der Waals surface area contributed by atoms with Crippen molar-refractivity contribution in [3.05, 3.63) is 69.7 Å². The van der Waals surface area contributed by atoms with Crippen molar-refractivity contribution >= 4 is 11.3 Å². The molecule has 114 valence electrons. The van der Waals surface area contributed by atoms with Crippen molar-refractivity contribution in [2.45, 2.75) is 32.4 Å². The highest BCUT2D eigenvalue weighted by Crippen LogP contribution is 2.17. The zero-order valence-corrected chi connectivity index (χ0v) is 13.2. The van der Waals surface area contributed by atoms with E-state index in [9.17, 15) is 5.11 Å². The Balaban J connectivity index is 1.66. The normalized spacial score (nSPS) is 11.0. The molecule has 0 amide bonds. The standard InChI is InChI=1S/C17H19N3OS/c21-13-16-17(12-15-9-5-11-22-15)20(19-18-16)10-4-8-14-6-2-1-3-7-14/h1-3,5-7,9,11,21H,4,8,10,12-13H2. The van der Waals surface area contributed by atoms with Crippen molar-refractivity contribution in [1.82, 2.24) is 15.0 Å². The fourth-order valence-electron chi connectivity index (χ4n) is 2.52. The number of nitrogens with zero attached hydrogens (tertiary/aromatic N) is 3. The van der Waals surface area contributed by atoms with Crippen LogP contribution >= 0.6 is 11.3 Å². The molecule has 3 aromatic rings. The maximum Gasteiger partial charge on any atom is 0.112 e. The van der Waals surface area contributed by atoms with Gasteiger partial charge in [-0.15, -0.1) is 16.4 Å². The maximum atomic E-state index is 9.45. The molecule has 0 spiro atoms. The van der Waals surface area contributed by atoms with Crippen LogP contribution in [0.5, 0.6) is 0 Å². The van der Waals surface area contributed by atoms with Gasteiger partial charge < -0.3 is 5.11 Å². The predicted molar refractivity (Wildman–Crippen MR) is 87.8 cm³/mol. The molecule has 4 nitrogen and oxygen atoms in total. The molecular weight excluding hydrogens is 294 g/mol. The van der Waals surface area contributed by atoms with Gasteiger partial charge in [-0.2, -0.15) is 0 Å². The second-order valence-corrected chi connectivity index (χ2v) is 6.24. The van der Waals surface area contributed by atoms with E-state index in [-0.39, 0.29) is 6.61 Å². The third-order valence-electron chi connectivity index (χ3n) is 3.67. The highest BCUT2D eigenvalue weighted by molar-refractivity contribution is 7.09. The zero-order chi connectivity index (χ0) is 15.2. The molecule has 0 aliphatic heterocycles. The molecule has 2 heterocycles. The Hall–Kier alpha value is -1.98. The minimum absolute atomic E-state index is 0.0562. The maximum absolute atomic E-state index is 9.45. The Bertz CT molecular complexity index is 692. The van der Waals surface area contributed by atoms with E-state index in [4.69, 9.17) is 0 Å². The first-order chi connectivity index (χ1) is 10.9. The number of aryl methyl sites for hydroxylation is 2. The molecule has 0 bridgehead atoms. The van der Waals surface area contributed by atoms with Crippen LogP contribution in [0.15, 0.2) is 47.8 Å². The smallest absolute Gasteiger partial charge is 0.112 e. The van der Waals surface area contributed by atoms with Crippen LogP contribution in [0.25, 0.3) is 0 Å². The molecule has 0 fully saturated rings. The van der Waals surface area contributed by atoms with E-state index in [0.717, 1.165) is 31.5 Å². The third-order valence-corrected chi connectivity index (χ3v) is 4.54. The third kappa shape index (κ3) is 3.61. The molecule has 0 aliphatic carbocycles. The zero-order valence-electron chi connectivity index (χ0n) is 12.4. The number of rotatable bonds is 7. The second-order valence-electron chi connectivity index (χ2n) is 5.21. The van der Waals surface area contributed by atoms with E-state index in [1.165, 1.54) is 10.4 Å². The van der Waals surface area contributed by atoms with E-state index in [2.05, 4.69) is 46.0 Å². The summed E-state index contributed by atoms with van der Waals surface area (Å²) in [6.07, 6.45) is 2.81. The van der Waals surface area contributed by atoms with Crippen molar-refractivity contribution in [3.8, 4) is 0 Å². The molecule has 0 saturated carbocycles. The van der Waals surface area contributed by atoms with Crippen molar-refractivity contribution in [3.63, 3.8) is 0 Å². The number of aromatic nitrogens is 3. The van der Waals surface area contributed by atoms with Gasteiger partial charge in [-0.3, -0.25) is 0 Å². The molecule has 22 heavy (non-hydrogen) atoms. The lowest BCUT2D eigenvalue weighted by atomic mass is 10.1. The molecule has 0 radical (unpaired) electrons. The Labute approximate surface area is 134 Å². The van der Waals surface area contributed by atoms with Crippen LogP contribution in [0.2, 0.25) is 0 Å². The lowest BCUT2D eigenvalue weighted by molar-refractivity contribution is 0.275. The summed E-state index contributed by atoms with van der Waals surface area (Å²) in [6.45, 7) is 0.766. The molecule has 1 N–H and O–H groups in total. The van der Waals surface area contributed by atoms with Crippen molar-refractivity contribution in [2.24, 2.45) is 0 Å². The average molecular weight is 313 g/mol. The number of hydrogen-bond donors (Lipinski definition) is 1. The number of aliphatic hydroxyl groups excluding tert-OH is 1. The van der Waals surface area contributed by atoms with Crippen LogP contribution in [0, 0.1) is 0 Å². The van der Waals surface area contributed by atoms with E-state index in [0.29, 0.717) is 5.69 Å². The molecule has 1 aromatic carbocycles. The fraction of sp³-hybridized carbons (Fsp3) is 0.294. The van der Waals surface area contributed by atoms with Gasteiger partial charge in [0, 0.05) is 17.8 Å². The van der Waals surface area contributed by atoms with Crippen LogP contribution in [0.3, 0.4) is 0 Å². The monoisotopic (exact) mass is 313 g/mol.